The Kier molecular flexibility index (Phi) is 5.76. The minimum absolute atomic E-state index is 0.0234. The van der Waals surface area contributed by atoms with Crippen LogP contribution in [0.4, 0.5) is 14.9 Å². The number of benzene rings is 2. The van der Waals surface area contributed by atoms with Crippen LogP contribution < -0.4 is 9.80 Å². The van der Waals surface area contributed by atoms with Crippen LogP contribution in [0.15, 0.2) is 36.4 Å². The quantitative estimate of drug-likeness (QED) is 0.657. The highest BCUT2D eigenvalue weighted by molar-refractivity contribution is 5.85. The highest BCUT2D eigenvalue weighted by Gasteiger charge is 2.20. The average molecular weight is 333 g/mol. The first-order valence-corrected chi connectivity index (χ1v) is 7.54. The zero-order valence-corrected chi connectivity index (χ0v) is 13.9. The molecule has 0 saturated carbocycles. The molecule has 0 aromatic heterocycles. The van der Waals surface area contributed by atoms with Crippen molar-refractivity contribution >= 4 is 11.8 Å². The summed E-state index contributed by atoms with van der Waals surface area (Å²) in [5.41, 5.74) is 2.15. The molecular weight excluding hydrogens is 313 g/mol. The van der Waals surface area contributed by atoms with Crippen molar-refractivity contribution < 1.29 is 23.9 Å². The van der Waals surface area contributed by atoms with Crippen molar-refractivity contribution in [1.82, 2.24) is 0 Å². The van der Waals surface area contributed by atoms with Gasteiger partial charge in [-0.05, 0) is 42.7 Å². The molecular formula is C18H20FNO4. The summed E-state index contributed by atoms with van der Waals surface area (Å²) in [6.45, 7) is 3.83. The Morgan fingerprint density at radius 2 is 2.04 bits per heavy atom. The maximum atomic E-state index is 14.1. The molecule has 2 aromatic rings. The number of aryl methyl sites for hydroxylation is 2. The Labute approximate surface area is 140 Å². The highest BCUT2D eigenvalue weighted by Crippen LogP contribution is 2.26. The molecule has 2 rings (SSSR count). The van der Waals surface area contributed by atoms with Crippen molar-refractivity contribution in [1.29, 1.82) is 0 Å². The van der Waals surface area contributed by atoms with E-state index in [1.54, 1.807) is 0 Å². The summed E-state index contributed by atoms with van der Waals surface area (Å²) >= 11 is 0. The Bertz CT molecular complexity index is 733. The number of nitrogens with zero attached hydrogens (tertiary/aromatic N) is 1. The van der Waals surface area contributed by atoms with Crippen molar-refractivity contribution in [3.63, 3.8) is 0 Å². The van der Waals surface area contributed by atoms with E-state index in [0.717, 1.165) is 19.1 Å². The van der Waals surface area contributed by atoms with E-state index in [4.69, 9.17) is 4.74 Å². The minimum Gasteiger partial charge on any atom is -0.488 e. The fraction of sp³-hybridized carbons (Fsp3) is 0.278. The average Bonchev–Trinajstić information content (AvgIpc) is 2.59. The van der Waals surface area contributed by atoms with Crippen LogP contribution in [0.2, 0.25) is 0 Å². The van der Waals surface area contributed by atoms with Gasteiger partial charge in [0.1, 0.15) is 18.2 Å². The van der Waals surface area contributed by atoms with Gasteiger partial charge in [-0.15, -0.1) is 0 Å². The van der Waals surface area contributed by atoms with Gasteiger partial charge in [0.2, 0.25) is 0 Å². The molecule has 0 aliphatic carbocycles. The van der Waals surface area contributed by atoms with Gasteiger partial charge >= 0.3 is 6.09 Å². The third-order valence-corrected chi connectivity index (χ3v) is 3.69. The summed E-state index contributed by atoms with van der Waals surface area (Å²) in [5, 5.41) is 10.1. The molecule has 1 N–H and O–H groups in total. The van der Waals surface area contributed by atoms with Crippen LogP contribution in [0.3, 0.4) is 0 Å². The van der Waals surface area contributed by atoms with E-state index < -0.39 is 11.9 Å². The Morgan fingerprint density at radius 1 is 1.29 bits per heavy atom. The first-order valence-electron chi connectivity index (χ1n) is 7.54. The lowest BCUT2D eigenvalue weighted by molar-refractivity contribution is 0.140. The van der Waals surface area contributed by atoms with E-state index in [-0.39, 0.29) is 22.9 Å². The van der Waals surface area contributed by atoms with E-state index >= 15 is 0 Å². The van der Waals surface area contributed by atoms with E-state index in [1.165, 1.54) is 23.8 Å². The second kappa shape index (κ2) is 7.79. The lowest BCUT2D eigenvalue weighted by atomic mass is 10.1. The van der Waals surface area contributed by atoms with Crippen molar-refractivity contribution in [3.05, 3.63) is 58.9 Å². The van der Waals surface area contributed by atoms with Gasteiger partial charge in [-0.2, -0.15) is 5.06 Å². The fourth-order valence-electron chi connectivity index (χ4n) is 2.32. The molecule has 128 valence electrons. The molecule has 0 aliphatic rings. The van der Waals surface area contributed by atoms with Crippen molar-refractivity contribution in [3.8, 4) is 5.75 Å². The number of ether oxygens (including phenoxy) is 2. The molecule has 0 atom stereocenters. The molecule has 1 amide bonds. The predicted molar refractivity (Wildman–Crippen MR) is 88.0 cm³/mol. The number of halogens is 1. The number of carbonyl (C=O) groups excluding carboxylic acids is 1. The van der Waals surface area contributed by atoms with Crippen molar-refractivity contribution in [2.45, 2.75) is 26.9 Å². The summed E-state index contributed by atoms with van der Waals surface area (Å²) in [4.78, 5) is 11.5. The number of carbonyl (C=O) groups is 1. The van der Waals surface area contributed by atoms with Crippen LogP contribution >= 0.6 is 0 Å². The zero-order chi connectivity index (χ0) is 17.7. The fourth-order valence-corrected chi connectivity index (χ4v) is 2.32. The van der Waals surface area contributed by atoms with E-state index in [0.29, 0.717) is 5.75 Å². The van der Waals surface area contributed by atoms with Gasteiger partial charge in [-0.25, -0.2) is 9.18 Å². The van der Waals surface area contributed by atoms with Crippen LogP contribution in [-0.2, 0) is 17.8 Å². The Balaban J connectivity index is 2.25. The van der Waals surface area contributed by atoms with E-state index in [9.17, 15) is 14.4 Å². The maximum absolute atomic E-state index is 14.1. The lowest BCUT2D eigenvalue weighted by Gasteiger charge is -2.18. The third-order valence-electron chi connectivity index (χ3n) is 3.69. The molecule has 0 aliphatic heterocycles. The number of anilines is 1. The SMILES string of the molecule is CCc1ccc(OCc2c(F)cccc2N(O)C(=O)OC)c(C)c1. The Morgan fingerprint density at radius 3 is 2.67 bits per heavy atom. The number of methoxy groups -OCH3 is 1. The molecule has 0 bridgehead atoms. The van der Waals surface area contributed by atoms with Crippen molar-refractivity contribution in [2.24, 2.45) is 0 Å². The first-order chi connectivity index (χ1) is 11.5. The molecule has 0 unspecified atom stereocenters. The smallest absolute Gasteiger partial charge is 0.438 e. The second-order valence-electron chi connectivity index (χ2n) is 5.26. The van der Waals surface area contributed by atoms with Gasteiger partial charge < -0.3 is 9.47 Å². The number of amides is 1. The van der Waals surface area contributed by atoms with Gasteiger partial charge in [0.05, 0.1) is 18.4 Å². The predicted octanol–water partition coefficient (Wildman–Crippen LogP) is 4.24. The van der Waals surface area contributed by atoms with Gasteiger partial charge in [0.15, 0.2) is 0 Å². The summed E-state index contributed by atoms with van der Waals surface area (Å²) in [5.74, 6) is 0.0299. The van der Waals surface area contributed by atoms with Gasteiger partial charge in [-0.3, -0.25) is 5.21 Å². The largest absolute Gasteiger partial charge is 0.488 e. The van der Waals surface area contributed by atoms with Crippen LogP contribution in [0.25, 0.3) is 0 Å². The summed E-state index contributed by atoms with van der Waals surface area (Å²) < 4.78 is 24.2. The third kappa shape index (κ3) is 3.83. The second-order valence-corrected chi connectivity index (χ2v) is 5.26. The maximum Gasteiger partial charge on any atom is 0.438 e. The van der Waals surface area contributed by atoms with Gasteiger partial charge in [0.25, 0.3) is 0 Å². The number of rotatable bonds is 5. The standard InChI is InChI=1S/C18H20FNO4/c1-4-13-8-9-17(12(2)10-13)24-11-14-15(19)6-5-7-16(14)20(22)18(21)23-3/h5-10,22H,4,11H2,1-3H3. The molecule has 6 heteroatoms. The van der Waals surface area contributed by atoms with Gasteiger partial charge in [-0.1, -0.05) is 25.1 Å². The van der Waals surface area contributed by atoms with Crippen molar-refractivity contribution in [2.75, 3.05) is 12.2 Å². The monoisotopic (exact) mass is 333 g/mol. The minimum atomic E-state index is -1.01. The molecule has 24 heavy (non-hydrogen) atoms. The van der Waals surface area contributed by atoms with Crippen LogP contribution in [-0.4, -0.2) is 18.4 Å². The topological polar surface area (TPSA) is 59.0 Å². The zero-order valence-electron chi connectivity index (χ0n) is 13.9. The molecule has 0 heterocycles. The number of hydroxylamine groups is 1. The normalized spacial score (nSPS) is 10.4. The first kappa shape index (κ1) is 17.7. The van der Waals surface area contributed by atoms with Crippen LogP contribution in [0, 0.1) is 12.7 Å². The van der Waals surface area contributed by atoms with Crippen LogP contribution in [0.5, 0.6) is 5.75 Å². The molecule has 5 nitrogen and oxygen atoms in total. The highest BCUT2D eigenvalue weighted by atomic mass is 19.1. The molecule has 2 aromatic carbocycles. The van der Waals surface area contributed by atoms with Gasteiger partial charge in [0, 0.05) is 0 Å². The molecule has 0 saturated heterocycles. The summed E-state index contributed by atoms with van der Waals surface area (Å²) in [6, 6.07) is 9.81. The molecule has 0 radical (unpaired) electrons. The van der Waals surface area contributed by atoms with E-state index in [2.05, 4.69) is 11.7 Å². The van der Waals surface area contributed by atoms with E-state index in [1.807, 2.05) is 25.1 Å². The number of hydrogen-bond donors (Lipinski definition) is 1. The van der Waals surface area contributed by atoms with Crippen LogP contribution in [0.1, 0.15) is 23.6 Å². The lowest BCUT2D eigenvalue weighted by Crippen LogP contribution is -2.28. The summed E-state index contributed by atoms with van der Waals surface area (Å²) in [6.07, 6.45) is -0.0951. The number of hydrogen-bond acceptors (Lipinski definition) is 4. The Hall–Kier alpha value is -2.60. The molecule has 0 spiro atoms. The summed E-state index contributed by atoms with van der Waals surface area (Å²) in [7, 11) is 1.12. The molecule has 0 fully saturated rings.